The van der Waals surface area contributed by atoms with Crippen LogP contribution in [0, 0.1) is 11.8 Å². The number of piperidine rings is 1. The van der Waals surface area contributed by atoms with Gasteiger partial charge in [0.25, 0.3) is 5.91 Å². The number of halogens is 3. The molecule has 0 unspecified atom stereocenters. The number of carboxylic acid groups (broad SMARTS) is 1. The minimum absolute atomic E-state index is 0.257. The molecule has 1 saturated carbocycles. The standard InChI is InChI=1S/C32H39F3N4O4S/c1-31(2,43)22-16-25-26(17-24(22)37-29(42)23-4-3-5-27(36-23)32(33,34)35)44-30(38-25)21-9-6-20(7-10-21)18-39-14-12-19(13-15-39)8-11-28(40)41/h3-5,16-17,19-21,43H,6-15,18H2,1-2H3,(H,37,42)(H,40,41). The number of anilines is 1. The zero-order valence-electron chi connectivity index (χ0n) is 25.0. The van der Waals surface area contributed by atoms with Crippen molar-refractivity contribution < 1.29 is 33.0 Å². The van der Waals surface area contributed by atoms with Crippen LogP contribution in [0.25, 0.3) is 10.2 Å². The minimum atomic E-state index is -4.67. The molecule has 0 bridgehead atoms. The second kappa shape index (κ2) is 13.1. The number of alkyl halides is 3. The number of rotatable bonds is 9. The number of nitrogens with one attached hydrogen (secondary N) is 1. The predicted octanol–water partition coefficient (Wildman–Crippen LogP) is 7.04. The third-order valence-corrected chi connectivity index (χ3v) is 10.1. The fourth-order valence-electron chi connectivity index (χ4n) is 6.42. The number of carbonyl (C=O) groups excluding carboxylic acids is 1. The molecular weight excluding hydrogens is 593 g/mol. The van der Waals surface area contributed by atoms with Crippen molar-refractivity contribution in [3.8, 4) is 0 Å². The molecule has 2 aliphatic rings. The molecule has 3 aromatic rings. The molecule has 8 nitrogen and oxygen atoms in total. The summed E-state index contributed by atoms with van der Waals surface area (Å²) in [5, 5.41) is 23.5. The average Bonchev–Trinajstić information content (AvgIpc) is 3.39. The average molecular weight is 633 g/mol. The van der Waals surface area contributed by atoms with Crippen LogP contribution in [-0.4, -0.2) is 56.6 Å². The number of fused-ring (bicyclic) bond motifs is 1. The van der Waals surface area contributed by atoms with Crippen LogP contribution >= 0.6 is 11.3 Å². The largest absolute Gasteiger partial charge is 0.481 e. The highest BCUT2D eigenvalue weighted by atomic mass is 32.1. The van der Waals surface area contributed by atoms with Crippen molar-refractivity contribution in [2.24, 2.45) is 11.8 Å². The molecule has 3 N–H and O–H groups in total. The lowest BCUT2D eigenvalue weighted by molar-refractivity contribution is -0.141. The number of aliphatic carboxylic acids is 1. The molecule has 0 atom stereocenters. The minimum Gasteiger partial charge on any atom is -0.481 e. The number of pyridine rings is 1. The van der Waals surface area contributed by atoms with E-state index in [9.17, 15) is 27.9 Å². The Morgan fingerprint density at radius 1 is 1.02 bits per heavy atom. The Kier molecular flexibility index (Phi) is 9.62. The Hall–Kier alpha value is -3.09. The highest BCUT2D eigenvalue weighted by molar-refractivity contribution is 7.18. The maximum absolute atomic E-state index is 13.1. The summed E-state index contributed by atoms with van der Waals surface area (Å²) in [6.07, 6.45) is 2.78. The summed E-state index contributed by atoms with van der Waals surface area (Å²) in [6.45, 7) is 6.32. The molecule has 0 radical (unpaired) electrons. The van der Waals surface area contributed by atoms with Crippen LogP contribution in [0.5, 0.6) is 0 Å². The van der Waals surface area contributed by atoms with Gasteiger partial charge in [-0.1, -0.05) is 6.07 Å². The quantitative estimate of drug-likeness (QED) is 0.232. The fraction of sp³-hybridized carbons (Fsp3) is 0.562. The van der Waals surface area contributed by atoms with E-state index in [0.717, 1.165) is 86.4 Å². The van der Waals surface area contributed by atoms with Crippen LogP contribution in [0.15, 0.2) is 30.3 Å². The van der Waals surface area contributed by atoms with Gasteiger partial charge in [0, 0.05) is 30.1 Å². The van der Waals surface area contributed by atoms with Crippen molar-refractivity contribution in [3.05, 3.63) is 52.3 Å². The van der Waals surface area contributed by atoms with Gasteiger partial charge in [-0.25, -0.2) is 9.97 Å². The van der Waals surface area contributed by atoms with Gasteiger partial charge in [-0.3, -0.25) is 9.59 Å². The first kappa shape index (κ1) is 32.3. The zero-order valence-corrected chi connectivity index (χ0v) is 25.8. The van der Waals surface area contributed by atoms with E-state index in [1.54, 1.807) is 37.3 Å². The summed E-state index contributed by atoms with van der Waals surface area (Å²) < 4.78 is 40.3. The van der Waals surface area contributed by atoms with Crippen LogP contribution < -0.4 is 5.32 Å². The summed E-state index contributed by atoms with van der Waals surface area (Å²) in [5.74, 6) is -0.0463. The van der Waals surface area contributed by atoms with Crippen LogP contribution in [0.3, 0.4) is 0 Å². The molecule has 2 fully saturated rings. The Balaban J connectivity index is 1.23. The predicted molar refractivity (Wildman–Crippen MR) is 163 cm³/mol. The number of carbonyl (C=O) groups is 2. The lowest BCUT2D eigenvalue weighted by atomic mass is 9.81. The van der Waals surface area contributed by atoms with Gasteiger partial charge in [0.1, 0.15) is 11.4 Å². The van der Waals surface area contributed by atoms with Gasteiger partial charge in [-0.15, -0.1) is 11.3 Å². The molecule has 12 heteroatoms. The Morgan fingerprint density at radius 3 is 2.36 bits per heavy atom. The molecule has 1 amide bonds. The van der Waals surface area contributed by atoms with E-state index in [2.05, 4.69) is 15.2 Å². The molecule has 1 aromatic carbocycles. The number of hydrogen-bond donors (Lipinski definition) is 3. The maximum Gasteiger partial charge on any atom is 0.433 e. The first-order valence-corrected chi connectivity index (χ1v) is 16.0. The smallest absolute Gasteiger partial charge is 0.433 e. The molecule has 2 aromatic heterocycles. The number of amides is 1. The highest BCUT2D eigenvalue weighted by Crippen LogP contribution is 2.42. The number of carboxylic acids is 1. The van der Waals surface area contributed by atoms with Crippen molar-refractivity contribution in [1.29, 1.82) is 0 Å². The van der Waals surface area contributed by atoms with Gasteiger partial charge in [-0.2, -0.15) is 13.2 Å². The van der Waals surface area contributed by atoms with E-state index in [1.807, 2.05) is 0 Å². The molecule has 5 rings (SSSR count). The third kappa shape index (κ3) is 7.94. The molecule has 1 aliphatic heterocycles. The summed E-state index contributed by atoms with van der Waals surface area (Å²) in [5.41, 5.74) is -1.43. The van der Waals surface area contributed by atoms with Crippen molar-refractivity contribution in [2.45, 2.75) is 82.9 Å². The summed E-state index contributed by atoms with van der Waals surface area (Å²) in [6, 6.07) is 6.66. The van der Waals surface area contributed by atoms with E-state index in [0.29, 0.717) is 34.5 Å². The SMILES string of the molecule is CC(C)(O)c1cc2nc(C3CCC(CN4CCC(CCC(=O)O)CC4)CC3)sc2cc1NC(=O)c1cccc(C(F)(F)F)n1. The van der Waals surface area contributed by atoms with Crippen molar-refractivity contribution in [2.75, 3.05) is 25.0 Å². The van der Waals surface area contributed by atoms with Crippen LogP contribution in [0.2, 0.25) is 0 Å². The van der Waals surface area contributed by atoms with Crippen molar-refractivity contribution >= 4 is 39.1 Å². The number of benzene rings is 1. The second-order valence-corrected chi connectivity index (χ2v) is 13.8. The Morgan fingerprint density at radius 2 is 1.73 bits per heavy atom. The topological polar surface area (TPSA) is 116 Å². The van der Waals surface area contributed by atoms with Gasteiger partial charge in [0.2, 0.25) is 0 Å². The van der Waals surface area contributed by atoms with Gasteiger partial charge >= 0.3 is 12.1 Å². The first-order chi connectivity index (χ1) is 20.8. The van der Waals surface area contributed by atoms with Gasteiger partial charge < -0.3 is 20.4 Å². The number of nitrogens with zero attached hydrogens (tertiary/aromatic N) is 3. The number of hydrogen-bond acceptors (Lipinski definition) is 7. The molecular formula is C32H39F3N4O4S. The van der Waals surface area contributed by atoms with Crippen molar-refractivity contribution in [3.63, 3.8) is 0 Å². The second-order valence-electron chi connectivity index (χ2n) is 12.7. The summed E-state index contributed by atoms with van der Waals surface area (Å²) in [7, 11) is 0. The number of likely N-dealkylation sites (tertiary alicyclic amines) is 1. The number of thiazole rings is 1. The molecule has 44 heavy (non-hydrogen) atoms. The summed E-state index contributed by atoms with van der Waals surface area (Å²) >= 11 is 1.55. The third-order valence-electron chi connectivity index (χ3n) is 8.91. The van der Waals surface area contributed by atoms with E-state index >= 15 is 0 Å². The lowest BCUT2D eigenvalue weighted by Gasteiger charge is -2.36. The van der Waals surface area contributed by atoms with E-state index in [1.165, 1.54) is 6.07 Å². The molecule has 1 aliphatic carbocycles. The maximum atomic E-state index is 13.1. The van der Waals surface area contributed by atoms with E-state index < -0.39 is 29.3 Å². The molecule has 238 valence electrons. The van der Waals surface area contributed by atoms with Gasteiger partial charge in [0.15, 0.2) is 0 Å². The summed E-state index contributed by atoms with van der Waals surface area (Å²) in [4.78, 5) is 34.7. The number of aliphatic hydroxyl groups is 1. The Labute approximate surface area is 258 Å². The van der Waals surface area contributed by atoms with Crippen LogP contribution in [-0.2, 0) is 16.6 Å². The van der Waals surface area contributed by atoms with E-state index in [4.69, 9.17) is 10.1 Å². The van der Waals surface area contributed by atoms with Gasteiger partial charge in [-0.05, 0) is 108 Å². The first-order valence-electron chi connectivity index (χ1n) is 15.2. The monoisotopic (exact) mass is 632 g/mol. The molecule has 1 saturated heterocycles. The Bertz CT molecular complexity index is 1490. The van der Waals surface area contributed by atoms with Gasteiger partial charge in [0.05, 0.1) is 20.8 Å². The normalized spacial score (nSPS) is 20.6. The molecule has 3 heterocycles. The highest BCUT2D eigenvalue weighted by Gasteiger charge is 2.33. The van der Waals surface area contributed by atoms with Crippen LogP contribution in [0.1, 0.15) is 97.9 Å². The zero-order chi connectivity index (χ0) is 31.6. The molecule has 0 spiro atoms. The fourth-order valence-corrected chi connectivity index (χ4v) is 7.58. The van der Waals surface area contributed by atoms with Crippen LogP contribution in [0.4, 0.5) is 18.9 Å². The number of aromatic nitrogens is 2. The lowest BCUT2D eigenvalue weighted by Crippen LogP contribution is -2.38. The van der Waals surface area contributed by atoms with E-state index in [-0.39, 0.29) is 12.1 Å². The van der Waals surface area contributed by atoms with Crippen molar-refractivity contribution in [1.82, 2.24) is 14.9 Å².